The molecule has 0 aliphatic rings. The first-order valence-electron chi connectivity index (χ1n) is 5.63. The van der Waals surface area contributed by atoms with Crippen LogP contribution in [0, 0.1) is 5.82 Å². The Morgan fingerprint density at radius 3 is 2.19 bits per heavy atom. The molecule has 0 aliphatic carbocycles. The fourth-order valence-corrected chi connectivity index (χ4v) is 1.74. The minimum atomic E-state index is -4.60. The minimum absolute atomic E-state index is 0.131. The number of carbonyl (C=O) groups excluding carboxylic acids is 1. The predicted octanol–water partition coefficient (Wildman–Crippen LogP) is 3.23. The summed E-state index contributed by atoms with van der Waals surface area (Å²) in [4.78, 5) is 10.5. The number of halogens is 4. The van der Waals surface area contributed by atoms with E-state index in [1.807, 2.05) is 0 Å². The fourth-order valence-electron chi connectivity index (χ4n) is 1.74. The second-order valence-corrected chi connectivity index (χ2v) is 4.07. The van der Waals surface area contributed by atoms with Gasteiger partial charge in [0.1, 0.15) is 5.82 Å². The van der Waals surface area contributed by atoms with E-state index >= 15 is 0 Å². The van der Waals surface area contributed by atoms with Crippen LogP contribution < -0.4 is 9.84 Å². The summed E-state index contributed by atoms with van der Waals surface area (Å²) in [6, 6.07) is 6.80. The van der Waals surface area contributed by atoms with Crippen molar-refractivity contribution in [1.82, 2.24) is 0 Å². The number of ether oxygens (including phenoxy) is 1. The molecule has 0 spiro atoms. The van der Waals surface area contributed by atoms with E-state index < -0.39 is 23.7 Å². The van der Waals surface area contributed by atoms with Crippen molar-refractivity contribution in [2.24, 2.45) is 0 Å². The maximum Gasteiger partial charge on any atom is 0.416 e. The molecule has 0 fully saturated rings. The van der Waals surface area contributed by atoms with Crippen LogP contribution >= 0.6 is 0 Å². The molecule has 21 heavy (non-hydrogen) atoms. The number of hydrogen-bond acceptors (Lipinski definition) is 3. The quantitative estimate of drug-likeness (QED) is 0.486. The third kappa shape index (κ3) is 3.50. The molecule has 0 saturated heterocycles. The third-order valence-corrected chi connectivity index (χ3v) is 2.66. The van der Waals surface area contributed by atoms with Crippen molar-refractivity contribution < 1.29 is 32.2 Å². The van der Waals surface area contributed by atoms with Gasteiger partial charge in [-0.05, 0) is 35.9 Å². The molecule has 0 radical (unpaired) electrons. The van der Waals surface area contributed by atoms with Gasteiger partial charge in [0.2, 0.25) is 0 Å². The molecule has 2 rings (SSSR count). The lowest BCUT2D eigenvalue weighted by Gasteiger charge is -2.16. The Balaban J connectivity index is 2.57. The Morgan fingerprint density at radius 1 is 1.05 bits per heavy atom. The van der Waals surface area contributed by atoms with Crippen LogP contribution in [0.15, 0.2) is 42.5 Å². The summed E-state index contributed by atoms with van der Waals surface area (Å²) in [5.41, 5.74) is -0.930. The molecule has 2 aromatic carbocycles. The summed E-state index contributed by atoms with van der Waals surface area (Å²) in [7, 11) is 0. The zero-order valence-electron chi connectivity index (χ0n) is 10.3. The molecule has 0 bridgehead atoms. The van der Waals surface area contributed by atoms with Gasteiger partial charge in [0.25, 0.3) is 6.16 Å². The number of hydrogen-bond donors (Lipinski definition) is 0. The molecule has 2 aromatic rings. The average molecular weight is 299 g/mol. The molecule has 0 heterocycles. The Kier molecular flexibility index (Phi) is 3.84. The van der Waals surface area contributed by atoms with E-state index in [9.17, 15) is 27.5 Å². The molecule has 0 aromatic heterocycles. The Hall–Kier alpha value is -2.57. The highest BCUT2D eigenvalue weighted by molar-refractivity contribution is 5.74. The monoisotopic (exact) mass is 299 g/mol. The SMILES string of the molecule is O=C([O-])Oc1ccc(C(F)(F)F)cc1-c1ccc(F)cc1. The Labute approximate surface area is 116 Å². The summed E-state index contributed by atoms with van der Waals surface area (Å²) in [6.07, 6.45) is -6.51. The highest BCUT2D eigenvalue weighted by atomic mass is 19.4. The summed E-state index contributed by atoms with van der Waals surface area (Å²) in [6.45, 7) is 0. The topological polar surface area (TPSA) is 49.4 Å². The van der Waals surface area contributed by atoms with E-state index in [-0.39, 0.29) is 16.9 Å². The summed E-state index contributed by atoms with van der Waals surface area (Å²) in [5, 5.41) is 10.5. The number of carboxylic acid groups (broad SMARTS) is 1. The van der Waals surface area contributed by atoms with Gasteiger partial charge in [-0.2, -0.15) is 13.2 Å². The van der Waals surface area contributed by atoms with Gasteiger partial charge < -0.3 is 14.6 Å². The van der Waals surface area contributed by atoms with Crippen LogP contribution in [0.1, 0.15) is 5.56 Å². The van der Waals surface area contributed by atoms with Gasteiger partial charge in [-0.1, -0.05) is 12.1 Å². The molecule has 0 atom stereocenters. The zero-order chi connectivity index (χ0) is 15.6. The summed E-state index contributed by atoms with van der Waals surface area (Å²) >= 11 is 0. The lowest BCUT2D eigenvalue weighted by molar-refractivity contribution is -0.271. The van der Waals surface area contributed by atoms with Crippen LogP contribution in [0.5, 0.6) is 5.75 Å². The molecule has 0 N–H and O–H groups in total. The molecular formula is C14H7F4O3-. The maximum absolute atomic E-state index is 12.9. The van der Waals surface area contributed by atoms with Crippen molar-refractivity contribution in [3.05, 3.63) is 53.8 Å². The second-order valence-electron chi connectivity index (χ2n) is 4.07. The number of benzene rings is 2. The molecular weight excluding hydrogens is 292 g/mol. The molecule has 0 saturated carbocycles. The van der Waals surface area contributed by atoms with Gasteiger partial charge in [-0.15, -0.1) is 0 Å². The van der Waals surface area contributed by atoms with Crippen molar-refractivity contribution in [3.8, 4) is 16.9 Å². The van der Waals surface area contributed by atoms with Gasteiger partial charge in [-0.25, -0.2) is 4.39 Å². The standard InChI is InChI=1S/C14H8F4O3/c15-10-4-1-8(2-5-10)11-7-9(14(16,17)18)3-6-12(11)21-13(19)20/h1-7H,(H,19,20)/p-1. The fraction of sp³-hybridized carbons (Fsp3) is 0.0714. The molecule has 0 unspecified atom stereocenters. The number of alkyl halides is 3. The van der Waals surface area contributed by atoms with Crippen molar-refractivity contribution in [1.29, 1.82) is 0 Å². The molecule has 0 amide bonds. The van der Waals surface area contributed by atoms with E-state index in [1.54, 1.807) is 0 Å². The van der Waals surface area contributed by atoms with Crippen LogP contribution in [0.25, 0.3) is 11.1 Å². The molecule has 3 nitrogen and oxygen atoms in total. The van der Waals surface area contributed by atoms with Crippen molar-refractivity contribution in [2.75, 3.05) is 0 Å². The van der Waals surface area contributed by atoms with Gasteiger partial charge in [0, 0.05) is 5.56 Å². The molecule has 0 aliphatic heterocycles. The predicted molar refractivity (Wildman–Crippen MR) is 62.9 cm³/mol. The first-order valence-corrected chi connectivity index (χ1v) is 5.63. The van der Waals surface area contributed by atoms with Gasteiger partial charge in [0.15, 0.2) is 0 Å². The van der Waals surface area contributed by atoms with Crippen LogP contribution in [-0.2, 0) is 6.18 Å². The van der Waals surface area contributed by atoms with E-state index in [1.165, 1.54) is 12.1 Å². The van der Waals surface area contributed by atoms with E-state index in [4.69, 9.17) is 0 Å². The van der Waals surface area contributed by atoms with Crippen LogP contribution in [-0.4, -0.2) is 6.16 Å². The smallest absolute Gasteiger partial charge is 0.416 e. The Morgan fingerprint density at radius 2 is 1.67 bits per heavy atom. The van der Waals surface area contributed by atoms with Crippen LogP contribution in [0.3, 0.4) is 0 Å². The van der Waals surface area contributed by atoms with Crippen LogP contribution in [0.2, 0.25) is 0 Å². The zero-order valence-corrected chi connectivity index (χ0v) is 10.3. The molecule has 7 heteroatoms. The second kappa shape index (κ2) is 5.43. The lowest BCUT2D eigenvalue weighted by atomic mass is 10.0. The Bertz CT molecular complexity index is 663. The highest BCUT2D eigenvalue weighted by Gasteiger charge is 2.31. The first kappa shape index (κ1) is 14.8. The minimum Gasteiger partial charge on any atom is -0.513 e. The van der Waals surface area contributed by atoms with E-state index in [0.717, 1.165) is 24.3 Å². The van der Waals surface area contributed by atoms with Crippen molar-refractivity contribution in [2.45, 2.75) is 6.18 Å². The van der Waals surface area contributed by atoms with Gasteiger partial charge in [-0.3, -0.25) is 0 Å². The van der Waals surface area contributed by atoms with Gasteiger partial charge >= 0.3 is 6.18 Å². The van der Waals surface area contributed by atoms with Gasteiger partial charge in [0.05, 0.1) is 11.3 Å². The normalized spacial score (nSPS) is 11.2. The number of rotatable bonds is 2. The van der Waals surface area contributed by atoms with E-state index in [0.29, 0.717) is 6.07 Å². The maximum atomic E-state index is 12.9. The van der Waals surface area contributed by atoms with Crippen molar-refractivity contribution in [3.63, 3.8) is 0 Å². The summed E-state index contributed by atoms with van der Waals surface area (Å²) < 4.78 is 55.3. The third-order valence-electron chi connectivity index (χ3n) is 2.66. The highest BCUT2D eigenvalue weighted by Crippen LogP contribution is 2.37. The molecule has 110 valence electrons. The average Bonchev–Trinajstić information content (AvgIpc) is 2.38. The van der Waals surface area contributed by atoms with Crippen molar-refractivity contribution >= 4 is 6.16 Å². The first-order chi connectivity index (χ1) is 9.77. The summed E-state index contributed by atoms with van der Waals surface area (Å²) in [5.74, 6) is -0.900. The van der Waals surface area contributed by atoms with E-state index in [2.05, 4.69) is 4.74 Å². The lowest BCUT2D eigenvalue weighted by Crippen LogP contribution is -2.26. The largest absolute Gasteiger partial charge is 0.513 e. The number of carbonyl (C=O) groups is 1. The van der Waals surface area contributed by atoms with Crippen LogP contribution in [0.4, 0.5) is 22.4 Å².